The van der Waals surface area contributed by atoms with Crippen molar-refractivity contribution in [3.05, 3.63) is 67.7 Å². The first-order chi connectivity index (χ1) is 11.9. The predicted molar refractivity (Wildman–Crippen MR) is 85.8 cm³/mol. The summed E-state index contributed by atoms with van der Waals surface area (Å²) in [5.41, 5.74) is 3.05. The lowest BCUT2D eigenvalue weighted by atomic mass is 9.70. The van der Waals surface area contributed by atoms with E-state index in [0.717, 1.165) is 0 Å². The van der Waals surface area contributed by atoms with Gasteiger partial charge in [0.2, 0.25) is 17.7 Å². The Morgan fingerprint density at radius 3 is 2.68 bits per heavy atom. The fourth-order valence-electron chi connectivity index (χ4n) is 3.54. The second-order valence-electron chi connectivity index (χ2n) is 5.70. The number of ether oxygens (including phenoxy) is 1. The summed E-state index contributed by atoms with van der Waals surface area (Å²) >= 11 is 0. The maximum atomic E-state index is 13.2. The summed E-state index contributed by atoms with van der Waals surface area (Å²) in [5, 5.41) is 9.66. The number of fused-ring (bicyclic) bond motifs is 4. The van der Waals surface area contributed by atoms with E-state index < -0.39 is 22.6 Å². The number of rotatable bonds is 0. The molecule has 4 N–H and O–H groups in total. The maximum Gasteiger partial charge on any atom is 0.328 e. The number of hydrogen-bond donors (Lipinski definition) is 3. The number of nitriles is 1. The predicted octanol–water partition coefficient (Wildman–Crippen LogP) is -0.588. The van der Waals surface area contributed by atoms with Crippen LogP contribution in [0.3, 0.4) is 0 Å². The van der Waals surface area contributed by atoms with E-state index in [-0.39, 0.29) is 22.9 Å². The average molecular weight is 337 g/mol. The number of likely N-dealkylation sites (N-methyl/N-ethyl adjacent to an activating group) is 1. The first-order valence-corrected chi connectivity index (χ1v) is 7.25. The van der Waals surface area contributed by atoms with Crippen molar-refractivity contribution in [3.8, 4) is 11.9 Å². The van der Waals surface area contributed by atoms with Crippen molar-refractivity contribution in [3.63, 3.8) is 0 Å². The van der Waals surface area contributed by atoms with Gasteiger partial charge in [0.25, 0.3) is 5.56 Å². The van der Waals surface area contributed by atoms with Crippen molar-refractivity contribution in [2.75, 3.05) is 11.9 Å². The van der Waals surface area contributed by atoms with Gasteiger partial charge in [-0.1, -0.05) is 18.2 Å². The quantitative estimate of drug-likeness (QED) is 0.586. The minimum absolute atomic E-state index is 0.167. The topological polar surface area (TPSA) is 145 Å². The van der Waals surface area contributed by atoms with Crippen LogP contribution in [-0.2, 0) is 10.2 Å². The SMILES string of the molecule is CN1C(=O)[C@@]2(C(C#N)=C(N)Oc3[nH]c(=O)[nH]c(=O)c32)c2ccccc21. The van der Waals surface area contributed by atoms with Crippen molar-refractivity contribution < 1.29 is 9.53 Å². The molecule has 25 heavy (non-hydrogen) atoms. The number of aromatic nitrogens is 2. The number of aromatic amines is 2. The normalized spacial score (nSPS) is 21.0. The maximum absolute atomic E-state index is 13.2. The number of benzene rings is 1. The van der Waals surface area contributed by atoms with Gasteiger partial charge >= 0.3 is 5.69 Å². The van der Waals surface area contributed by atoms with E-state index in [2.05, 4.69) is 9.97 Å². The standard InChI is InChI=1S/C16H11N5O4/c1-21-9-5-3-2-4-7(9)16(14(21)23)8(6-17)11(18)25-13-10(16)12(22)19-15(24)20-13/h2-5H,18H2,1H3,(H2,19,20,22,24)/t16-/m1/s1. The summed E-state index contributed by atoms with van der Waals surface area (Å²) in [6, 6.07) is 8.66. The molecule has 0 fully saturated rings. The van der Waals surface area contributed by atoms with Gasteiger partial charge in [0.15, 0.2) is 5.41 Å². The second kappa shape index (κ2) is 4.61. The fourth-order valence-corrected chi connectivity index (χ4v) is 3.54. The van der Waals surface area contributed by atoms with Crippen LogP contribution in [0.4, 0.5) is 5.69 Å². The van der Waals surface area contributed by atoms with E-state index in [4.69, 9.17) is 10.5 Å². The van der Waals surface area contributed by atoms with Crippen molar-refractivity contribution in [1.29, 1.82) is 5.26 Å². The van der Waals surface area contributed by atoms with Crippen molar-refractivity contribution >= 4 is 11.6 Å². The molecular weight excluding hydrogens is 326 g/mol. The zero-order valence-corrected chi connectivity index (χ0v) is 12.9. The van der Waals surface area contributed by atoms with Gasteiger partial charge in [0.1, 0.15) is 17.2 Å². The Labute approximate surface area is 140 Å². The summed E-state index contributed by atoms with van der Waals surface area (Å²) in [6.07, 6.45) is 0. The second-order valence-corrected chi connectivity index (χ2v) is 5.70. The van der Waals surface area contributed by atoms with Crippen LogP contribution in [0, 0.1) is 11.3 Å². The number of amides is 1. The number of nitrogens with zero attached hydrogens (tertiary/aromatic N) is 2. The first-order valence-electron chi connectivity index (χ1n) is 7.25. The third kappa shape index (κ3) is 1.57. The Bertz CT molecular complexity index is 1140. The molecule has 9 nitrogen and oxygen atoms in total. The van der Waals surface area contributed by atoms with Crippen molar-refractivity contribution in [1.82, 2.24) is 9.97 Å². The number of H-pyrrole nitrogens is 2. The molecule has 2 aromatic rings. The number of nitrogens with two attached hydrogens (primary N) is 1. The molecule has 3 heterocycles. The Morgan fingerprint density at radius 2 is 1.96 bits per heavy atom. The van der Waals surface area contributed by atoms with Crippen LogP contribution in [0.5, 0.6) is 5.88 Å². The summed E-state index contributed by atoms with van der Waals surface area (Å²) in [4.78, 5) is 43.2. The summed E-state index contributed by atoms with van der Waals surface area (Å²) in [6.45, 7) is 0. The monoisotopic (exact) mass is 337 g/mol. The minimum atomic E-state index is -1.77. The number of carbonyl (C=O) groups excluding carboxylic acids is 1. The zero-order valence-electron chi connectivity index (χ0n) is 12.9. The molecule has 0 aliphatic carbocycles. The molecular formula is C16H11N5O4. The average Bonchev–Trinajstić information content (AvgIpc) is 2.78. The van der Waals surface area contributed by atoms with Crippen LogP contribution in [-0.4, -0.2) is 22.9 Å². The van der Waals surface area contributed by atoms with Crippen LogP contribution < -0.4 is 26.6 Å². The van der Waals surface area contributed by atoms with Gasteiger partial charge in [0.05, 0.1) is 0 Å². The van der Waals surface area contributed by atoms with Crippen LogP contribution >= 0.6 is 0 Å². The molecule has 0 saturated heterocycles. The van der Waals surface area contributed by atoms with Crippen LogP contribution in [0.2, 0.25) is 0 Å². The van der Waals surface area contributed by atoms with E-state index in [0.29, 0.717) is 11.3 Å². The van der Waals surface area contributed by atoms with Gasteiger partial charge in [-0.05, 0) is 6.07 Å². The molecule has 1 spiro atoms. The van der Waals surface area contributed by atoms with Crippen molar-refractivity contribution in [2.24, 2.45) is 5.73 Å². The van der Waals surface area contributed by atoms with Crippen LogP contribution in [0.15, 0.2) is 45.3 Å². The molecule has 0 unspecified atom stereocenters. The number of nitrogens with one attached hydrogen (secondary N) is 2. The summed E-state index contributed by atoms with van der Waals surface area (Å²) < 4.78 is 5.27. The highest BCUT2D eigenvalue weighted by Gasteiger charge is 2.60. The molecule has 4 rings (SSSR count). The van der Waals surface area contributed by atoms with Gasteiger partial charge in [-0.3, -0.25) is 19.6 Å². The Balaban J connectivity index is 2.26. The van der Waals surface area contributed by atoms with E-state index in [1.165, 1.54) is 11.9 Å². The zero-order chi connectivity index (χ0) is 17.9. The van der Waals surface area contributed by atoms with Crippen molar-refractivity contribution in [2.45, 2.75) is 5.41 Å². The molecule has 0 saturated carbocycles. The van der Waals surface area contributed by atoms with Crippen LogP contribution in [0.1, 0.15) is 11.1 Å². The molecule has 1 amide bonds. The molecule has 1 atom stereocenters. The fraction of sp³-hybridized carbons (Fsp3) is 0.125. The minimum Gasteiger partial charge on any atom is -0.423 e. The molecule has 1 aromatic heterocycles. The van der Waals surface area contributed by atoms with Gasteiger partial charge < -0.3 is 15.4 Å². The van der Waals surface area contributed by atoms with Gasteiger partial charge in [0, 0.05) is 18.3 Å². The summed E-state index contributed by atoms with van der Waals surface area (Å²) in [5.74, 6) is -1.12. The largest absolute Gasteiger partial charge is 0.423 e. The lowest BCUT2D eigenvalue weighted by Gasteiger charge is -2.32. The molecule has 2 aliphatic rings. The Kier molecular flexibility index (Phi) is 2.72. The molecule has 2 aliphatic heterocycles. The van der Waals surface area contributed by atoms with E-state index in [1.807, 2.05) is 6.07 Å². The molecule has 0 bridgehead atoms. The number of anilines is 1. The Morgan fingerprint density at radius 1 is 1.24 bits per heavy atom. The molecule has 9 heteroatoms. The van der Waals surface area contributed by atoms with E-state index in [9.17, 15) is 19.6 Å². The van der Waals surface area contributed by atoms with Gasteiger partial charge in [-0.15, -0.1) is 0 Å². The number of para-hydroxylation sites is 1. The molecule has 124 valence electrons. The lowest BCUT2D eigenvalue weighted by molar-refractivity contribution is -0.120. The highest BCUT2D eigenvalue weighted by atomic mass is 16.5. The van der Waals surface area contributed by atoms with E-state index in [1.54, 1.807) is 24.3 Å². The Hall–Kier alpha value is -3.80. The number of hydrogen-bond acceptors (Lipinski definition) is 6. The molecule has 1 aromatic carbocycles. The van der Waals surface area contributed by atoms with Gasteiger partial charge in [-0.25, -0.2) is 4.79 Å². The highest BCUT2D eigenvalue weighted by Crippen LogP contribution is 2.52. The number of carbonyl (C=O) groups is 1. The van der Waals surface area contributed by atoms with E-state index >= 15 is 0 Å². The third-order valence-electron chi connectivity index (χ3n) is 4.52. The van der Waals surface area contributed by atoms with Gasteiger partial charge in [-0.2, -0.15) is 5.26 Å². The summed E-state index contributed by atoms with van der Waals surface area (Å²) in [7, 11) is 1.54. The smallest absolute Gasteiger partial charge is 0.328 e. The first kappa shape index (κ1) is 14.8. The highest BCUT2D eigenvalue weighted by molar-refractivity contribution is 6.13. The van der Waals surface area contributed by atoms with Crippen LogP contribution in [0.25, 0.3) is 0 Å². The molecule has 0 radical (unpaired) electrons. The lowest BCUT2D eigenvalue weighted by Crippen LogP contribution is -2.49. The third-order valence-corrected chi connectivity index (χ3v) is 4.52.